The van der Waals surface area contributed by atoms with Gasteiger partial charge in [-0.2, -0.15) is 0 Å². The number of hydrogen-bond acceptors (Lipinski definition) is 3. The van der Waals surface area contributed by atoms with Crippen LogP contribution in [0, 0.1) is 5.92 Å². The summed E-state index contributed by atoms with van der Waals surface area (Å²) in [6.45, 7) is 2.38. The Morgan fingerprint density at radius 1 is 1.69 bits per heavy atom. The molecule has 0 aromatic heterocycles. The fourth-order valence-corrected chi connectivity index (χ4v) is 4.06. The van der Waals surface area contributed by atoms with Gasteiger partial charge >= 0.3 is 0 Å². The lowest BCUT2D eigenvalue weighted by atomic mass is 9.96. The van der Waals surface area contributed by atoms with Crippen molar-refractivity contribution >= 4 is 37.0 Å². The van der Waals surface area contributed by atoms with E-state index in [0.29, 0.717) is 6.42 Å². The third-order valence-corrected chi connectivity index (χ3v) is 5.56. The van der Waals surface area contributed by atoms with Crippen LogP contribution in [0.15, 0.2) is 0 Å². The van der Waals surface area contributed by atoms with E-state index < -0.39 is 7.45 Å². The zero-order chi connectivity index (χ0) is 12.3. The van der Waals surface area contributed by atoms with Crippen molar-refractivity contribution in [1.82, 2.24) is 9.99 Å². The van der Waals surface area contributed by atoms with Crippen molar-refractivity contribution in [2.24, 2.45) is 5.92 Å². The van der Waals surface area contributed by atoms with Crippen LogP contribution in [0.5, 0.6) is 0 Å². The Morgan fingerprint density at radius 2 is 2.31 bits per heavy atom. The van der Waals surface area contributed by atoms with E-state index in [2.05, 4.69) is 23.2 Å². The summed E-state index contributed by atoms with van der Waals surface area (Å²) in [6, 6.07) is -0.186. The molecule has 1 aliphatic rings. The summed E-state index contributed by atoms with van der Waals surface area (Å²) in [5, 5.41) is 2.97. The van der Waals surface area contributed by atoms with Crippen LogP contribution in [-0.4, -0.2) is 36.0 Å². The van der Waals surface area contributed by atoms with Gasteiger partial charge in [0.1, 0.15) is 5.78 Å². The highest BCUT2D eigenvalue weighted by Crippen LogP contribution is 2.58. The van der Waals surface area contributed by atoms with Gasteiger partial charge in [-0.05, 0) is 26.8 Å². The Balaban J connectivity index is 2.57. The van der Waals surface area contributed by atoms with Gasteiger partial charge in [0.2, 0.25) is 5.91 Å². The molecule has 1 aliphatic heterocycles. The molecule has 4 unspecified atom stereocenters. The van der Waals surface area contributed by atoms with Crippen LogP contribution in [0.1, 0.15) is 19.8 Å². The fraction of sp³-hybridized carbons (Fsp3) is 0.778. The lowest BCUT2D eigenvalue weighted by Crippen LogP contribution is -2.35. The average Bonchev–Trinajstić information content (AvgIpc) is 2.56. The van der Waals surface area contributed by atoms with Crippen LogP contribution in [-0.2, 0) is 9.59 Å². The van der Waals surface area contributed by atoms with Crippen LogP contribution in [0.2, 0.25) is 0 Å². The molecule has 1 N–H and O–H groups in total. The number of nitrogens with zero attached hydrogens (tertiary/aromatic N) is 1. The maximum Gasteiger partial charge on any atom is 0.229 e. The normalized spacial score (nSPS) is 22.9. The van der Waals surface area contributed by atoms with Crippen LogP contribution < -0.4 is 5.32 Å². The van der Waals surface area contributed by atoms with Gasteiger partial charge in [-0.15, -0.1) is 0 Å². The maximum absolute atomic E-state index is 12.0. The van der Waals surface area contributed by atoms with Crippen molar-refractivity contribution in [2.45, 2.75) is 25.8 Å². The Bertz CT molecular complexity index is 286. The molecular weight excluding hydrogens is 261 g/mol. The lowest BCUT2D eigenvalue weighted by Gasteiger charge is -2.21. The smallest absolute Gasteiger partial charge is 0.229 e. The van der Waals surface area contributed by atoms with Gasteiger partial charge in [0, 0.05) is 19.9 Å². The first-order chi connectivity index (χ1) is 7.47. The van der Waals surface area contributed by atoms with Gasteiger partial charge in [-0.1, -0.05) is 17.9 Å². The quantitative estimate of drug-likeness (QED) is 0.774. The van der Waals surface area contributed by atoms with E-state index in [-0.39, 0.29) is 23.7 Å². The minimum atomic E-state index is -0.500. The van der Waals surface area contributed by atoms with Gasteiger partial charge in [-0.25, -0.2) is 0 Å². The first-order valence-corrected chi connectivity index (χ1v) is 9.79. The second-order valence-electron chi connectivity index (χ2n) is 4.01. The van der Waals surface area contributed by atoms with Gasteiger partial charge in [0.15, 0.2) is 0 Å². The van der Waals surface area contributed by atoms with E-state index in [4.69, 9.17) is 0 Å². The van der Waals surface area contributed by atoms with Crippen LogP contribution >= 0.6 is 25.3 Å². The second-order valence-corrected chi connectivity index (χ2v) is 10.2. The molecular formula is C9H19N2O2P3. The molecule has 0 radical (unpaired) electrons. The Kier molecular flexibility index (Phi) is 5.74. The predicted molar refractivity (Wildman–Crippen MR) is 74.3 cm³/mol. The van der Waals surface area contributed by atoms with E-state index in [1.807, 2.05) is 4.67 Å². The van der Waals surface area contributed by atoms with E-state index >= 15 is 0 Å². The number of amides is 1. The van der Waals surface area contributed by atoms with E-state index in [9.17, 15) is 9.59 Å². The molecule has 1 fully saturated rings. The highest BCUT2D eigenvalue weighted by Gasteiger charge is 2.35. The first kappa shape index (κ1) is 14.5. The van der Waals surface area contributed by atoms with Crippen molar-refractivity contribution in [3.8, 4) is 0 Å². The largest absolute Gasteiger partial charge is 0.315 e. The zero-order valence-electron chi connectivity index (χ0n) is 9.64. The topological polar surface area (TPSA) is 49.4 Å². The van der Waals surface area contributed by atoms with Crippen molar-refractivity contribution in [1.29, 1.82) is 0 Å². The Morgan fingerprint density at radius 3 is 2.69 bits per heavy atom. The molecule has 0 aromatic rings. The fourth-order valence-electron chi connectivity index (χ4n) is 1.94. The molecule has 92 valence electrons. The molecule has 16 heavy (non-hydrogen) atoms. The zero-order valence-corrected chi connectivity index (χ0v) is 12.8. The number of nitrogens with one attached hydrogen (secondary N) is 1. The molecule has 0 aromatic carbocycles. The molecule has 4 atom stereocenters. The van der Waals surface area contributed by atoms with Gasteiger partial charge in [0.05, 0.1) is 6.04 Å². The third-order valence-electron chi connectivity index (χ3n) is 2.93. The number of ketones is 1. The summed E-state index contributed by atoms with van der Waals surface area (Å²) in [5.41, 5.74) is 0. The molecule has 1 saturated heterocycles. The minimum Gasteiger partial charge on any atom is -0.315 e. The summed E-state index contributed by atoms with van der Waals surface area (Å²) < 4.78 is 1.89. The van der Waals surface area contributed by atoms with Crippen LogP contribution in [0.3, 0.4) is 0 Å². The summed E-state index contributed by atoms with van der Waals surface area (Å²) in [5.74, 6) is 0.304. The van der Waals surface area contributed by atoms with Crippen LogP contribution in [0.4, 0.5) is 0 Å². The predicted octanol–water partition coefficient (Wildman–Crippen LogP) is 1.38. The molecule has 0 saturated carbocycles. The van der Waals surface area contributed by atoms with Crippen LogP contribution in [0.25, 0.3) is 0 Å². The highest BCUT2D eigenvalue weighted by molar-refractivity contribution is 8.42. The molecule has 0 spiro atoms. The number of likely N-dealkylation sites (N-methyl/N-ethyl adjacent to an activating group) is 1. The number of rotatable bonds is 5. The Hall–Kier alpha value is 0.390. The lowest BCUT2D eigenvalue weighted by molar-refractivity contribution is -0.127. The second kappa shape index (κ2) is 6.36. The molecule has 4 nitrogen and oxygen atoms in total. The SMILES string of the molecule is CNC(CC1CCN(P(P)P)C1=O)C(C)=O. The Labute approximate surface area is 102 Å². The molecule has 7 heteroatoms. The summed E-state index contributed by atoms with van der Waals surface area (Å²) in [7, 11) is 6.60. The number of hydrogen-bond donors (Lipinski definition) is 1. The molecule has 0 aliphatic carbocycles. The van der Waals surface area contributed by atoms with Crippen molar-refractivity contribution in [3.05, 3.63) is 0 Å². The average molecular weight is 280 g/mol. The van der Waals surface area contributed by atoms with Gasteiger partial charge in [-0.3, -0.25) is 9.59 Å². The molecule has 1 heterocycles. The summed E-state index contributed by atoms with van der Waals surface area (Å²) >= 11 is 0. The van der Waals surface area contributed by atoms with E-state index in [0.717, 1.165) is 13.0 Å². The standard InChI is InChI=1S/C9H19N2O2P3/c1-6(12)8(10-2)5-7-3-4-11(9(7)13)16(14)15/h7-8,10H,3-5,14-15H2,1-2H3. The van der Waals surface area contributed by atoms with E-state index in [1.165, 1.54) is 0 Å². The molecule has 1 amide bonds. The summed E-state index contributed by atoms with van der Waals surface area (Å²) in [4.78, 5) is 23.3. The maximum atomic E-state index is 12.0. The molecule has 1 rings (SSSR count). The minimum absolute atomic E-state index is 0.00690. The van der Waals surface area contributed by atoms with Gasteiger partial charge in [0.25, 0.3) is 0 Å². The summed E-state index contributed by atoms with van der Waals surface area (Å²) in [6.07, 6.45) is 1.49. The van der Waals surface area contributed by atoms with Crippen molar-refractivity contribution in [3.63, 3.8) is 0 Å². The number of carbonyl (C=O) groups is 2. The number of Topliss-reactive ketones (excluding diaryl/α,β-unsaturated/α-hetero) is 1. The first-order valence-electron chi connectivity index (χ1n) is 5.26. The molecule has 0 bridgehead atoms. The van der Waals surface area contributed by atoms with Gasteiger partial charge < -0.3 is 9.99 Å². The number of carbonyl (C=O) groups excluding carboxylic acids is 2. The third kappa shape index (κ3) is 3.44. The van der Waals surface area contributed by atoms with Crippen molar-refractivity contribution < 1.29 is 9.59 Å². The van der Waals surface area contributed by atoms with Crippen molar-refractivity contribution in [2.75, 3.05) is 13.6 Å². The monoisotopic (exact) mass is 280 g/mol. The van der Waals surface area contributed by atoms with E-state index in [1.54, 1.807) is 14.0 Å². The highest BCUT2D eigenvalue weighted by atomic mass is 32.4.